The van der Waals surface area contributed by atoms with E-state index in [1.807, 2.05) is 0 Å². The lowest BCUT2D eigenvalue weighted by atomic mass is 10.3. The molecule has 0 radical (unpaired) electrons. The van der Waals surface area contributed by atoms with Crippen LogP contribution in [0.2, 0.25) is 0 Å². The van der Waals surface area contributed by atoms with E-state index >= 15 is 0 Å². The van der Waals surface area contributed by atoms with Gasteiger partial charge in [0.2, 0.25) is 0 Å². The zero-order valence-corrected chi connectivity index (χ0v) is 14.1. The van der Waals surface area contributed by atoms with Crippen molar-refractivity contribution < 1.29 is 13.2 Å². The van der Waals surface area contributed by atoms with Crippen LogP contribution in [0.4, 0.5) is 5.82 Å². The predicted octanol–water partition coefficient (Wildman–Crippen LogP) is 2.39. The fraction of sp³-hybridized carbons (Fsp3) is 0.118. The number of nitrogens with zero attached hydrogens (tertiary/aromatic N) is 4. The number of pyridine rings is 1. The van der Waals surface area contributed by atoms with E-state index < -0.39 is 10.0 Å². The number of anilines is 1. The van der Waals surface area contributed by atoms with E-state index in [4.69, 9.17) is 0 Å². The second kappa shape index (κ2) is 5.52. The first-order valence-corrected chi connectivity index (χ1v) is 9.05. The van der Waals surface area contributed by atoms with E-state index in [1.165, 1.54) is 21.4 Å². The molecule has 8 heteroatoms. The SMILES string of the molecule is CC1=NN(c2cc3c(ccn3S(=O)(=O)c3ccccc3)cn2)C(=O)C1. The second-order valence-corrected chi connectivity index (χ2v) is 7.56. The highest BCUT2D eigenvalue weighted by atomic mass is 32.2. The maximum absolute atomic E-state index is 12.9. The first kappa shape index (κ1) is 15.5. The molecule has 1 aliphatic rings. The minimum Gasteiger partial charge on any atom is -0.272 e. The maximum atomic E-state index is 12.9. The van der Waals surface area contributed by atoms with Crippen LogP contribution in [-0.2, 0) is 14.8 Å². The average molecular weight is 354 g/mol. The Morgan fingerprint density at radius 1 is 1.12 bits per heavy atom. The average Bonchev–Trinajstić information content (AvgIpc) is 3.18. The molecular formula is C17H14N4O3S. The van der Waals surface area contributed by atoms with Crippen molar-refractivity contribution in [1.29, 1.82) is 0 Å². The largest absolute Gasteiger partial charge is 0.272 e. The number of fused-ring (bicyclic) bond motifs is 1. The Morgan fingerprint density at radius 3 is 2.56 bits per heavy atom. The first-order valence-electron chi connectivity index (χ1n) is 7.61. The van der Waals surface area contributed by atoms with Gasteiger partial charge in [-0.1, -0.05) is 18.2 Å². The normalized spacial score (nSPS) is 15.0. The van der Waals surface area contributed by atoms with Crippen molar-refractivity contribution in [3.63, 3.8) is 0 Å². The summed E-state index contributed by atoms with van der Waals surface area (Å²) in [5.41, 5.74) is 1.14. The summed E-state index contributed by atoms with van der Waals surface area (Å²) in [7, 11) is -3.74. The van der Waals surface area contributed by atoms with Crippen LogP contribution >= 0.6 is 0 Å². The van der Waals surface area contributed by atoms with Crippen molar-refractivity contribution in [2.45, 2.75) is 18.2 Å². The van der Waals surface area contributed by atoms with Gasteiger partial charge in [0.15, 0.2) is 5.82 Å². The summed E-state index contributed by atoms with van der Waals surface area (Å²) < 4.78 is 27.0. The molecule has 0 atom stereocenters. The lowest BCUT2D eigenvalue weighted by molar-refractivity contribution is -0.116. The Balaban J connectivity index is 1.87. The minimum atomic E-state index is -3.74. The molecule has 0 N–H and O–H groups in total. The van der Waals surface area contributed by atoms with Gasteiger partial charge in [0.25, 0.3) is 15.9 Å². The number of hydrazone groups is 1. The fourth-order valence-corrected chi connectivity index (χ4v) is 4.12. The van der Waals surface area contributed by atoms with Gasteiger partial charge in [0, 0.05) is 29.6 Å². The highest BCUT2D eigenvalue weighted by Crippen LogP contribution is 2.26. The van der Waals surface area contributed by atoms with Crippen molar-refractivity contribution in [3.05, 3.63) is 54.9 Å². The van der Waals surface area contributed by atoms with E-state index in [2.05, 4.69) is 10.1 Å². The molecule has 3 heterocycles. The van der Waals surface area contributed by atoms with Crippen molar-refractivity contribution in [3.8, 4) is 0 Å². The van der Waals surface area contributed by atoms with Gasteiger partial charge in [-0.15, -0.1) is 0 Å². The van der Waals surface area contributed by atoms with Crippen LogP contribution < -0.4 is 5.01 Å². The Hall–Kier alpha value is -3.00. The molecule has 4 rings (SSSR count). The summed E-state index contributed by atoms with van der Waals surface area (Å²) in [6, 6.07) is 11.4. The summed E-state index contributed by atoms with van der Waals surface area (Å²) in [6.07, 6.45) is 3.26. The quantitative estimate of drug-likeness (QED) is 0.723. The minimum absolute atomic E-state index is 0.187. The monoisotopic (exact) mass is 354 g/mol. The third kappa shape index (κ3) is 2.51. The molecule has 0 bridgehead atoms. The van der Waals surface area contributed by atoms with Crippen molar-refractivity contribution in [2.75, 3.05) is 5.01 Å². The van der Waals surface area contributed by atoms with Gasteiger partial charge in [0.05, 0.1) is 16.8 Å². The third-order valence-electron chi connectivity index (χ3n) is 3.96. The molecule has 0 fully saturated rings. The molecule has 0 saturated carbocycles. The van der Waals surface area contributed by atoms with E-state index in [0.717, 1.165) is 0 Å². The smallest absolute Gasteiger partial charge is 0.268 e. The molecule has 0 saturated heterocycles. The van der Waals surface area contributed by atoms with Gasteiger partial charge in [-0.05, 0) is 25.1 Å². The van der Waals surface area contributed by atoms with Crippen LogP contribution in [-0.4, -0.2) is 29.0 Å². The molecule has 2 aromatic heterocycles. The molecule has 1 aliphatic heterocycles. The Bertz CT molecular complexity index is 1120. The second-order valence-electron chi connectivity index (χ2n) is 5.75. The molecule has 1 aromatic carbocycles. The third-order valence-corrected chi connectivity index (χ3v) is 5.66. The highest BCUT2D eigenvalue weighted by Gasteiger charge is 2.25. The summed E-state index contributed by atoms with van der Waals surface area (Å²) in [5, 5.41) is 6.03. The zero-order valence-electron chi connectivity index (χ0n) is 13.3. The van der Waals surface area contributed by atoms with E-state index in [0.29, 0.717) is 22.4 Å². The lowest BCUT2D eigenvalue weighted by Gasteiger charge is -2.12. The Labute approximate surface area is 144 Å². The summed E-state index contributed by atoms with van der Waals surface area (Å²) in [5.74, 6) is 0.117. The number of hydrogen-bond acceptors (Lipinski definition) is 5. The number of benzene rings is 1. The van der Waals surface area contributed by atoms with Crippen molar-refractivity contribution in [2.24, 2.45) is 5.10 Å². The molecule has 0 spiro atoms. The molecule has 126 valence electrons. The topological polar surface area (TPSA) is 84.6 Å². The molecule has 3 aromatic rings. The highest BCUT2D eigenvalue weighted by molar-refractivity contribution is 7.90. The number of carbonyl (C=O) groups excluding carboxylic acids is 1. The lowest BCUT2D eigenvalue weighted by Crippen LogP contribution is -2.20. The van der Waals surface area contributed by atoms with Gasteiger partial charge in [-0.2, -0.15) is 10.1 Å². The molecule has 0 unspecified atom stereocenters. The van der Waals surface area contributed by atoms with Gasteiger partial charge in [-0.25, -0.2) is 17.4 Å². The first-order chi connectivity index (χ1) is 12.0. The number of rotatable bonds is 3. The van der Waals surface area contributed by atoms with Crippen LogP contribution in [0.25, 0.3) is 10.9 Å². The van der Waals surface area contributed by atoms with Gasteiger partial charge in [-0.3, -0.25) is 4.79 Å². The van der Waals surface area contributed by atoms with Crippen LogP contribution in [0, 0.1) is 0 Å². The number of aromatic nitrogens is 2. The zero-order chi connectivity index (χ0) is 17.6. The standard InChI is InChI=1S/C17H14N4O3S/c1-12-9-17(22)21(19-12)16-10-15-13(11-18-16)7-8-20(15)25(23,24)14-5-3-2-4-6-14/h2-8,10-11H,9H2,1H3. The van der Waals surface area contributed by atoms with E-state index in [9.17, 15) is 13.2 Å². The predicted molar refractivity (Wildman–Crippen MR) is 94.0 cm³/mol. The number of hydrogen-bond donors (Lipinski definition) is 0. The maximum Gasteiger partial charge on any atom is 0.268 e. The summed E-state index contributed by atoms with van der Waals surface area (Å²) in [4.78, 5) is 16.4. The van der Waals surface area contributed by atoms with Crippen LogP contribution in [0.5, 0.6) is 0 Å². The van der Waals surface area contributed by atoms with Gasteiger partial charge < -0.3 is 0 Å². The molecule has 1 amide bonds. The molecule has 0 aliphatic carbocycles. The Kier molecular flexibility index (Phi) is 3.43. The van der Waals surface area contributed by atoms with Crippen molar-refractivity contribution in [1.82, 2.24) is 8.96 Å². The fourth-order valence-electron chi connectivity index (χ4n) is 2.76. The number of amides is 1. The van der Waals surface area contributed by atoms with Crippen LogP contribution in [0.1, 0.15) is 13.3 Å². The molecule has 25 heavy (non-hydrogen) atoms. The van der Waals surface area contributed by atoms with Crippen molar-refractivity contribution >= 4 is 38.4 Å². The van der Waals surface area contributed by atoms with Crippen LogP contribution in [0.15, 0.2) is 64.9 Å². The van der Waals surface area contributed by atoms with Gasteiger partial charge >= 0.3 is 0 Å². The Morgan fingerprint density at radius 2 is 1.88 bits per heavy atom. The molecular weight excluding hydrogens is 340 g/mol. The summed E-state index contributed by atoms with van der Waals surface area (Å²) in [6.45, 7) is 1.76. The number of carbonyl (C=O) groups is 1. The summed E-state index contributed by atoms with van der Waals surface area (Å²) >= 11 is 0. The van der Waals surface area contributed by atoms with Crippen LogP contribution in [0.3, 0.4) is 0 Å². The van der Waals surface area contributed by atoms with Gasteiger partial charge in [0.1, 0.15) is 0 Å². The molecule has 7 nitrogen and oxygen atoms in total. The van der Waals surface area contributed by atoms with E-state index in [1.54, 1.807) is 49.4 Å². The van der Waals surface area contributed by atoms with E-state index in [-0.39, 0.29) is 17.2 Å².